The van der Waals surface area contributed by atoms with Gasteiger partial charge in [0, 0.05) is 44.9 Å². The van der Waals surface area contributed by atoms with Crippen LogP contribution in [-0.4, -0.2) is 0 Å². The molecule has 3 nitrogen and oxygen atoms in total. The lowest BCUT2D eigenvalue weighted by Crippen LogP contribution is -2.10. The molecular formula is C58H40N2O. The van der Waals surface area contributed by atoms with E-state index in [9.17, 15) is 0 Å². The monoisotopic (exact) mass is 780 g/mol. The highest BCUT2D eigenvalue weighted by molar-refractivity contribution is 6.19. The summed E-state index contributed by atoms with van der Waals surface area (Å²) in [7, 11) is 0. The first-order chi connectivity index (χ1) is 30.2. The average molecular weight is 781 g/mol. The van der Waals surface area contributed by atoms with Crippen molar-refractivity contribution in [2.24, 2.45) is 0 Å². The van der Waals surface area contributed by atoms with E-state index in [0.717, 1.165) is 67.2 Å². The molecule has 0 radical (unpaired) electrons. The molecule has 3 heteroatoms. The second-order valence-electron chi connectivity index (χ2n) is 15.4. The molecule has 10 aromatic carbocycles. The maximum Gasteiger partial charge on any atom is 0.136 e. The first-order valence-corrected chi connectivity index (χ1v) is 20.7. The number of nitrogens with zero attached hydrogens (tertiary/aromatic N) is 2. The first kappa shape index (κ1) is 36.0. The van der Waals surface area contributed by atoms with Crippen LogP contribution >= 0.6 is 0 Å². The Morgan fingerprint density at radius 2 is 0.607 bits per heavy atom. The Labute approximate surface area is 355 Å². The number of hydrogen-bond donors (Lipinski definition) is 0. The molecular weight excluding hydrogens is 741 g/mol. The van der Waals surface area contributed by atoms with E-state index in [1.54, 1.807) is 0 Å². The summed E-state index contributed by atoms with van der Waals surface area (Å²) in [5.41, 5.74) is 15.4. The summed E-state index contributed by atoms with van der Waals surface area (Å²) in [5, 5.41) is 4.63. The van der Waals surface area contributed by atoms with Crippen LogP contribution in [0.15, 0.2) is 247 Å². The van der Waals surface area contributed by atoms with E-state index in [2.05, 4.69) is 252 Å². The zero-order chi connectivity index (χ0) is 40.5. The highest BCUT2D eigenvalue weighted by Gasteiger charge is 2.18. The SMILES string of the molecule is c1ccc(-c2ccc(N(c3ccccc3)c3ccc(-c4ccc(N(c5ccc(-c6ccccc6)cc5)c5ccc6oc7ccc8ccccc8c7c6c5)cc4)cc3)cc2)cc1. The summed E-state index contributed by atoms with van der Waals surface area (Å²) in [6, 6.07) is 86.4. The van der Waals surface area contributed by atoms with Crippen LogP contribution in [0.5, 0.6) is 0 Å². The molecule has 61 heavy (non-hydrogen) atoms. The number of benzene rings is 10. The molecule has 0 saturated heterocycles. The zero-order valence-electron chi connectivity index (χ0n) is 33.4. The van der Waals surface area contributed by atoms with Crippen molar-refractivity contribution in [1.82, 2.24) is 0 Å². The molecule has 11 aromatic rings. The van der Waals surface area contributed by atoms with Crippen LogP contribution in [0.3, 0.4) is 0 Å². The third kappa shape index (κ3) is 6.88. The molecule has 0 saturated carbocycles. The van der Waals surface area contributed by atoms with Crippen molar-refractivity contribution in [3.63, 3.8) is 0 Å². The molecule has 0 N–H and O–H groups in total. The van der Waals surface area contributed by atoms with Gasteiger partial charge in [0.25, 0.3) is 0 Å². The normalized spacial score (nSPS) is 11.3. The van der Waals surface area contributed by atoms with Crippen LogP contribution in [0, 0.1) is 0 Å². The van der Waals surface area contributed by atoms with Gasteiger partial charge in [-0.15, -0.1) is 0 Å². The quantitative estimate of drug-likeness (QED) is 0.145. The fourth-order valence-corrected chi connectivity index (χ4v) is 8.62. The van der Waals surface area contributed by atoms with Crippen LogP contribution in [0.25, 0.3) is 66.1 Å². The number of rotatable bonds is 9. The zero-order valence-corrected chi connectivity index (χ0v) is 33.4. The van der Waals surface area contributed by atoms with Gasteiger partial charge >= 0.3 is 0 Å². The van der Waals surface area contributed by atoms with Gasteiger partial charge in [-0.25, -0.2) is 0 Å². The largest absolute Gasteiger partial charge is 0.456 e. The van der Waals surface area contributed by atoms with E-state index in [1.165, 1.54) is 33.0 Å². The lowest BCUT2D eigenvalue weighted by atomic mass is 10.0. The van der Waals surface area contributed by atoms with Crippen molar-refractivity contribution in [3.8, 4) is 33.4 Å². The van der Waals surface area contributed by atoms with Gasteiger partial charge in [0.15, 0.2) is 0 Å². The fraction of sp³-hybridized carbons (Fsp3) is 0. The summed E-state index contributed by atoms with van der Waals surface area (Å²) in [5.74, 6) is 0. The Morgan fingerprint density at radius 1 is 0.246 bits per heavy atom. The highest BCUT2D eigenvalue weighted by Crippen LogP contribution is 2.42. The first-order valence-electron chi connectivity index (χ1n) is 20.7. The van der Waals surface area contributed by atoms with Crippen LogP contribution in [0.1, 0.15) is 0 Å². The number of para-hydroxylation sites is 1. The smallest absolute Gasteiger partial charge is 0.136 e. The third-order valence-electron chi connectivity index (χ3n) is 11.7. The second kappa shape index (κ2) is 15.6. The van der Waals surface area contributed by atoms with Crippen LogP contribution < -0.4 is 9.80 Å². The number of furan rings is 1. The van der Waals surface area contributed by atoms with Gasteiger partial charge in [-0.3, -0.25) is 0 Å². The molecule has 0 bridgehead atoms. The summed E-state index contributed by atoms with van der Waals surface area (Å²) < 4.78 is 6.41. The molecule has 0 fully saturated rings. The Bertz CT molecular complexity index is 3250. The number of anilines is 6. The van der Waals surface area contributed by atoms with Crippen LogP contribution in [-0.2, 0) is 0 Å². The predicted octanol–water partition coefficient (Wildman–Crippen LogP) is 16.7. The molecule has 11 rings (SSSR count). The lowest BCUT2D eigenvalue weighted by Gasteiger charge is -2.26. The minimum atomic E-state index is 0.878. The summed E-state index contributed by atoms with van der Waals surface area (Å²) >= 11 is 0. The Balaban J connectivity index is 0.949. The van der Waals surface area contributed by atoms with E-state index in [1.807, 2.05) is 0 Å². The van der Waals surface area contributed by atoms with Gasteiger partial charge in [0.1, 0.15) is 11.2 Å². The maximum absolute atomic E-state index is 6.41. The molecule has 0 aliphatic carbocycles. The van der Waals surface area contributed by atoms with Gasteiger partial charge in [-0.2, -0.15) is 0 Å². The fourth-order valence-electron chi connectivity index (χ4n) is 8.62. The lowest BCUT2D eigenvalue weighted by molar-refractivity contribution is 0.669. The predicted molar refractivity (Wildman–Crippen MR) is 257 cm³/mol. The second-order valence-corrected chi connectivity index (χ2v) is 15.4. The highest BCUT2D eigenvalue weighted by atomic mass is 16.3. The molecule has 0 atom stereocenters. The van der Waals surface area contributed by atoms with Crippen molar-refractivity contribution in [1.29, 1.82) is 0 Å². The molecule has 1 heterocycles. The summed E-state index contributed by atoms with van der Waals surface area (Å²) in [6.07, 6.45) is 0. The third-order valence-corrected chi connectivity index (χ3v) is 11.7. The summed E-state index contributed by atoms with van der Waals surface area (Å²) in [4.78, 5) is 4.65. The molecule has 0 amide bonds. The van der Waals surface area contributed by atoms with Crippen LogP contribution in [0.2, 0.25) is 0 Å². The molecule has 0 aliphatic heterocycles. The van der Waals surface area contributed by atoms with E-state index in [0.29, 0.717) is 0 Å². The Morgan fingerprint density at radius 3 is 1.10 bits per heavy atom. The van der Waals surface area contributed by atoms with Gasteiger partial charge in [0.05, 0.1) is 0 Å². The van der Waals surface area contributed by atoms with Gasteiger partial charge in [-0.05, 0) is 129 Å². The molecule has 0 unspecified atom stereocenters. The number of hydrogen-bond acceptors (Lipinski definition) is 3. The maximum atomic E-state index is 6.41. The van der Waals surface area contributed by atoms with Crippen molar-refractivity contribution in [2.45, 2.75) is 0 Å². The molecule has 288 valence electrons. The molecule has 1 aromatic heterocycles. The topological polar surface area (TPSA) is 19.6 Å². The molecule has 0 spiro atoms. The summed E-state index contributed by atoms with van der Waals surface area (Å²) in [6.45, 7) is 0. The standard InChI is InChI=1S/C58H40N2O/c1-4-12-41(13-5-1)43-20-29-49(30-21-43)59(48-17-8-3-9-18-48)50-31-24-45(25-32-50)46-26-35-52(36-27-46)60(51-33-22-44(23-34-51)42-14-6-2-7-15-42)53-37-39-56-55(40-53)58-54-19-11-10-16-47(54)28-38-57(58)61-56/h1-40H. The van der Waals surface area contributed by atoms with E-state index < -0.39 is 0 Å². The Hall–Kier alpha value is -8.14. The van der Waals surface area contributed by atoms with E-state index in [-0.39, 0.29) is 0 Å². The van der Waals surface area contributed by atoms with Crippen molar-refractivity contribution in [3.05, 3.63) is 243 Å². The van der Waals surface area contributed by atoms with Gasteiger partial charge < -0.3 is 14.2 Å². The van der Waals surface area contributed by atoms with E-state index in [4.69, 9.17) is 4.42 Å². The average Bonchev–Trinajstić information content (AvgIpc) is 3.72. The van der Waals surface area contributed by atoms with Crippen molar-refractivity contribution in [2.75, 3.05) is 9.80 Å². The minimum absolute atomic E-state index is 0.878. The Kier molecular flexibility index (Phi) is 9.18. The minimum Gasteiger partial charge on any atom is -0.456 e. The van der Waals surface area contributed by atoms with Crippen LogP contribution in [0.4, 0.5) is 34.1 Å². The number of fused-ring (bicyclic) bond motifs is 5. The molecule has 0 aliphatic rings. The van der Waals surface area contributed by atoms with E-state index >= 15 is 0 Å². The van der Waals surface area contributed by atoms with Gasteiger partial charge in [-0.1, -0.05) is 158 Å². The van der Waals surface area contributed by atoms with Crippen molar-refractivity contribution < 1.29 is 4.42 Å². The van der Waals surface area contributed by atoms with Gasteiger partial charge in [0.2, 0.25) is 0 Å². The van der Waals surface area contributed by atoms with Crippen molar-refractivity contribution >= 4 is 66.8 Å².